The third-order valence-corrected chi connectivity index (χ3v) is 5.04. The van der Waals surface area contributed by atoms with E-state index in [9.17, 15) is 4.79 Å². The van der Waals surface area contributed by atoms with E-state index in [0.29, 0.717) is 12.2 Å². The van der Waals surface area contributed by atoms with Crippen LogP contribution in [-0.2, 0) is 4.79 Å². The van der Waals surface area contributed by atoms with E-state index in [1.165, 1.54) is 25.7 Å². The lowest BCUT2D eigenvalue weighted by Gasteiger charge is -2.26. The number of benzene rings is 1. The predicted octanol–water partition coefficient (Wildman–Crippen LogP) is 2.58. The zero-order valence-electron chi connectivity index (χ0n) is 12.7. The fourth-order valence-corrected chi connectivity index (χ4v) is 4.08. The van der Waals surface area contributed by atoms with Crippen LogP contribution in [0.3, 0.4) is 0 Å². The number of likely N-dealkylation sites (N-methyl/N-ethyl adjacent to an activating group) is 1. The zero-order valence-corrected chi connectivity index (χ0v) is 12.7. The highest BCUT2D eigenvalue weighted by Gasteiger charge is 2.39. The van der Waals surface area contributed by atoms with E-state index in [4.69, 9.17) is 5.73 Å². The first-order valence-corrected chi connectivity index (χ1v) is 7.94. The van der Waals surface area contributed by atoms with Gasteiger partial charge in [-0.3, -0.25) is 9.69 Å². The van der Waals surface area contributed by atoms with Crippen LogP contribution in [0.15, 0.2) is 24.3 Å². The number of nitrogens with two attached hydrogens (primary N) is 1. The third kappa shape index (κ3) is 3.56. The molecule has 0 radical (unpaired) electrons. The number of carbonyl (C=O) groups is 1. The second kappa shape index (κ2) is 6.06. The Labute approximate surface area is 126 Å². The Kier molecular flexibility index (Phi) is 4.15. The molecule has 0 saturated heterocycles. The highest BCUT2D eigenvalue weighted by Crippen LogP contribution is 2.48. The average molecular weight is 287 g/mol. The maximum Gasteiger partial charge on any atom is 0.238 e. The molecule has 1 aromatic carbocycles. The van der Waals surface area contributed by atoms with E-state index in [0.717, 1.165) is 30.0 Å². The number of hydrogen-bond donors (Lipinski definition) is 2. The minimum atomic E-state index is 0.0467. The molecule has 21 heavy (non-hydrogen) atoms. The number of amides is 1. The molecule has 0 aliphatic heterocycles. The van der Waals surface area contributed by atoms with Gasteiger partial charge in [0.2, 0.25) is 5.91 Å². The number of rotatable bonds is 5. The Hall–Kier alpha value is -1.55. The molecule has 114 valence electrons. The molecule has 3 N–H and O–H groups in total. The van der Waals surface area contributed by atoms with Crippen LogP contribution in [0.2, 0.25) is 0 Å². The number of nitrogens with zero attached hydrogens (tertiary/aromatic N) is 1. The largest absolute Gasteiger partial charge is 0.399 e. The lowest BCUT2D eigenvalue weighted by molar-refractivity contribution is -0.117. The summed E-state index contributed by atoms with van der Waals surface area (Å²) in [5.74, 6) is 2.73. The van der Waals surface area contributed by atoms with E-state index in [1.54, 1.807) is 12.1 Å². The molecule has 2 aliphatic carbocycles. The zero-order chi connectivity index (χ0) is 14.8. The van der Waals surface area contributed by atoms with Gasteiger partial charge in [-0.15, -0.1) is 0 Å². The second-order valence-electron chi connectivity index (χ2n) is 6.80. The van der Waals surface area contributed by atoms with E-state index in [2.05, 4.69) is 17.3 Å². The van der Waals surface area contributed by atoms with Gasteiger partial charge in [0.1, 0.15) is 0 Å². The monoisotopic (exact) mass is 287 g/mol. The van der Waals surface area contributed by atoms with Crippen molar-refractivity contribution < 1.29 is 4.79 Å². The number of nitrogens with one attached hydrogen (secondary N) is 1. The fraction of sp³-hybridized carbons (Fsp3) is 0.588. The molecule has 0 spiro atoms. The van der Waals surface area contributed by atoms with Crippen molar-refractivity contribution in [2.45, 2.75) is 25.7 Å². The van der Waals surface area contributed by atoms with Crippen molar-refractivity contribution in [2.75, 3.05) is 31.2 Å². The van der Waals surface area contributed by atoms with Crippen LogP contribution in [0.25, 0.3) is 0 Å². The number of carbonyl (C=O) groups excluding carboxylic acids is 1. The Bertz CT molecular complexity index is 499. The van der Waals surface area contributed by atoms with Gasteiger partial charge in [0.25, 0.3) is 0 Å². The van der Waals surface area contributed by atoms with E-state index >= 15 is 0 Å². The topological polar surface area (TPSA) is 58.4 Å². The standard InChI is InChI=1S/C17H25N3O/c1-20(10-14-9-12-2-3-13(14)8-12)11-17(21)19-16-6-4-15(18)5-7-16/h4-7,12-14H,2-3,8-11,18H2,1H3,(H,19,21). The summed E-state index contributed by atoms with van der Waals surface area (Å²) >= 11 is 0. The van der Waals surface area contributed by atoms with Gasteiger partial charge in [0, 0.05) is 17.9 Å². The van der Waals surface area contributed by atoms with Crippen LogP contribution in [0, 0.1) is 17.8 Å². The van der Waals surface area contributed by atoms with Crippen LogP contribution >= 0.6 is 0 Å². The maximum atomic E-state index is 12.1. The Morgan fingerprint density at radius 2 is 2.05 bits per heavy atom. The van der Waals surface area contributed by atoms with Crippen molar-refractivity contribution in [3.05, 3.63) is 24.3 Å². The molecule has 1 amide bonds. The van der Waals surface area contributed by atoms with Crippen LogP contribution in [0.5, 0.6) is 0 Å². The number of nitrogen functional groups attached to an aromatic ring is 1. The summed E-state index contributed by atoms with van der Waals surface area (Å²) in [5.41, 5.74) is 7.16. The summed E-state index contributed by atoms with van der Waals surface area (Å²) in [4.78, 5) is 14.2. The minimum Gasteiger partial charge on any atom is -0.399 e. The molecular formula is C17H25N3O. The first-order valence-electron chi connectivity index (χ1n) is 7.94. The van der Waals surface area contributed by atoms with Crippen molar-refractivity contribution in [1.82, 2.24) is 4.90 Å². The molecule has 3 rings (SSSR count). The van der Waals surface area contributed by atoms with Crippen molar-refractivity contribution in [2.24, 2.45) is 17.8 Å². The molecule has 4 nitrogen and oxygen atoms in total. The van der Waals surface area contributed by atoms with E-state index in [-0.39, 0.29) is 5.91 Å². The van der Waals surface area contributed by atoms with Gasteiger partial charge in [0.05, 0.1) is 6.54 Å². The minimum absolute atomic E-state index is 0.0467. The summed E-state index contributed by atoms with van der Waals surface area (Å²) in [5, 5.41) is 2.92. The van der Waals surface area contributed by atoms with Crippen LogP contribution < -0.4 is 11.1 Å². The SMILES string of the molecule is CN(CC(=O)Nc1ccc(N)cc1)CC1CC2CCC1C2. The highest BCUT2D eigenvalue weighted by atomic mass is 16.2. The van der Waals surface area contributed by atoms with Gasteiger partial charge in [-0.1, -0.05) is 6.42 Å². The van der Waals surface area contributed by atoms with Gasteiger partial charge in [-0.25, -0.2) is 0 Å². The van der Waals surface area contributed by atoms with Gasteiger partial charge >= 0.3 is 0 Å². The molecule has 2 bridgehead atoms. The summed E-state index contributed by atoms with van der Waals surface area (Å²) in [7, 11) is 2.05. The summed E-state index contributed by atoms with van der Waals surface area (Å²) in [6.45, 7) is 1.51. The van der Waals surface area contributed by atoms with Crippen molar-refractivity contribution in [3.63, 3.8) is 0 Å². The molecule has 3 atom stereocenters. The van der Waals surface area contributed by atoms with Crippen LogP contribution in [-0.4, -0.2) is 30.9 Å². The molecule has 2 aliphatic rings. The average Bonchev–Trinajstić information content (AvgIpc) is 3.03. The third-order valence-electron chi connectivity index (χ3n) is 5.04. The lowest BCUT2D eigenvalue weighted by atomic mass is 9.88. The molecule has 0 heterocycles. The Morgan fingerprint density at radius 3 is 2.67 bits per heavy atom. The molecule has 3 unspecified atom stereocenters. The van der Waals surface area contributed by atoms with Gasteiger partial charge in [-0.05, 0) is 68.3 Å². The van der Waals surface area contributed by atoms with Gasteiger partial charge < -0.3 is 11.1 Å². The summed E-state index contributed by atoms with van der Waals surface area (Å²) in [6, 6.07) is 7.27. The van der Waals surface area contributed by atoms with Crippen molar-refractivity contribution in [3.8, 4) is 0 Å². The van der Waals surface area contributed by atoms with Crippen LogP contribution in [0.4, 0.5) is 11.4 Å². The Morgan fingerprint density at radius 1 is 1.29 bits per heavy atom. The molecule has 0 aromatic heterocycles. The van der Waals surface area contributed by atoms with E-state index in [1.807, 2.05) is 12.1 Å². The molecule has 4 heteroatoms. The molecule has 2 fully saturated rings. The Balaban J connectivity index is 1.45. The summed E-state index contributed by atoms with van der Waals surface area (Å²) in [6.07, 6.45) is 5.63. The number of fused-ring (bicyclic) bond motifs is 2. The van der Waals surface area contributed by atoms with Crippen molar-refractivity contribution >= 4 is 17.3 Å². The van der Waals surface area contributed by atoms with E-state index < -0.39 is 0 Å². The van der Waals surface area contributed by atoms with Crippen LogP contribution in [0.1, 0.15) is 25.7 Å². The summed E-state index contributed by atoms with van der Waals surface area (Å²) < 4.78 is 0. The van der Waals surface area contributed by atoms with Gasteiger partial charge in [0.15, 0.2) is 0 Å². The quantitative estimate of drug-likeness (QED) is 0.818. The molecular weight excluding hydrogens is 262 g/mol. The second-order valence-corrected chi connectivity index (χ2v) is 6.80. The van der Waals surface area contributed by atoms with Gasteiger partial charge in [-0.2, -0.15) is 0 Å². The molecule has 2 saturated carbocycles. The normalized spacial score (nSPS) is 27.2. The predicted molar refractivity (Wildman–Crippen MR) is 85.9 cm³/mol. The number of anilines is 2. The lowest BCUT2D eigenvalue weighted by Crippen LogP contribution is -2.35. The first kappa shape index (κ1) is 14.4. The first-order chi connectivity index (χ1) is 10.1. The fourth-order valence-electron chi connectivity index (χ4n) is 4.08. The number of hydrogen-bond acceptors (Lipinski definition) is 3. The smallest absolute Gasteiger partial charge is 0.238 e. The highest BCUT2D eigenvalue weighted by molar-refractivity contribution is 5.92. The maximum absolute atomic E-state index is 12.1. The molecule has 1 aromatic rings. The van der Waals surface area contributed by atoms with Crippen molar-refractivity contribution in [1.29, 1.82) is 0 Å².